The monoisotopic (exact) mass is 369 g/mol. The van der Waals surface area contributed by atoms with Crippen LogP contribution < -0.4 is 5.73 Å². The van der Waals surface area contributed by atoms with Crippen LogP contribution in [0.15, 0.2) is 28.7 Å². The number of rotatable bonds is 2. The van der Waals surface area contributed by atoms with E-state index in [4.69, 9.17) is 40.5 Å². The number of nitrogens with two attached hydrogens (primary N) is 1. The third-order valence-electron chi connectivity index (χ3n) is 2.29. The van der Waals surface area contributed by atoms with Crippen LogP contribution in [0.2, 0.25) is 14.4 Å². The van der Waals surface area contributed by atoms with Crippen molar-refractivity contribution in [2.75, 3.05) is 0 Å². The van der Waals surface area contributed by atoms with E-state index in [0.29, 0.717) is 14.4 Å². The van der Waals surface area contributed by atoms with E-state index in [2.05, 4.69) is 15.9 Å². The van der Waals surface area contributed by atoms with Crippen LogP contribution >= 0.6 is 62.1 Å². The largest absolute Gasteiger partial charge is 0.320 e. The Labute approximate surface area is 127 Å². The fourth-order valence-corrected chi connectivity index (χ4v) is 3.61. The second kappa shape index (κ2) is 5.47. The van der Waals surface area contributed by atoms with Crippen LogP contribution in [0.4, 0.5) is 0 Å². The summed E-state index contributed by atoms with van der Waals surface area (Å²) in [6.07, 6.45) is 0. The third kappa shape index (κ3) is 2.80. The molecule has 2 N–H and O–H groups in total. The molecule has 0 aliphatic heterocycles. The summed E-state index contributed by atoms with van der Waals surface area (Å²) >= 11 is 22.9. The zero-order valence-corrected chi connectivity index (χ0v) is 13.1. The van der Waals surface area contributed by atoms with E-state index in [-0.39, 0.29) is 6.04 Å². The van der Waals surface area contributed by atoms with Crippen molar-refractivity contribution in [2.45, 2.75) is 6.04 Å². The number of hydrogen-bond donors (Lipinski definition) is 1. The molecule has 6 heteroatoms. The molecule has 0 radical (unpaired) electrons. The van der Waals surface area contributed by atoms with Gasteiger partial charge in [0.25, 0.3) is 0 Å². The van der Waals surface area contributed by atoms with Gasteiger partial charge in [-0.15, -0.1) is 11.3 Å². The van der Waals surface area contributed by atoms with Crippen molar-refractivity contribution >= 4 is 62.1 Å². The Bertz CT molecular complexity index is 536. The van der Waals surface area contributed by atoms with E-state index < -0.39 is 0 Å². The van der Waals surface area contributed by atoms with Gasteiger partial charge < -0.3 is 5.73 Å². The van der Waals surface area contributed by atoms with E-state index >= 15 is 0 Å². The predicted octanol–water partition coefficient (Wildman–Crippen LogP) is 5.52. The highest BCUT2D eigenvalue weighted by Crippen LogP contribution is 2.39. The molecule has 0 fully saturated rings. The van der Waals surface area contributed by atoms with Gasteiger partial charge in [-0.2, -0.15) is 0 Å². The Morgan fingerprint density at radius 1 is 1.24 bits per heavy atom. The maximum Gasteiger partial charge on any atom is 0.107 e. The van der Waals surface area contributed by atoms with Gasteiger partial charge in [-0.05, 0) is 33.6 Å². The van der Waals surface area contributed by atoms with Gasteiger partial charge in [0.05, 0.1) is 16.1 Å². The van der Waals surface area contributed by atoms with Crippen molar-refractivity contribution in [3.05, 3.63) is 53.6 Å². The van der Waals surface area contributed by atoms with Crippen LogP contribution in [0.25, 0.3) is 0 Å². The third-order valence-corrected chi connectivity index (χ3v) is 5.68. The zero-order valence-electron chi connectivity index (χ0n) is 8.38. The van der Waals surface area contributed by atoms with Crippen molar-refractivity contribution < 1.29 is 0 Å². The number of benzene rings is 1. The Morgan fingerprint density at radius 2 is 1.94 bits per heavy atom. The topological polar surface area (TPSA) is 26.0 Å². The molecular weight excluding hydrogens is 364 g/mol. The summed E-state index contributed by atoms with van der Waals surface area (Å²) in [5.74, 6) is 0. The highest BCUT2D eigenvalue weighted by molar-refractivity contribution is 9.10. The number of halogens is 4. The minimum absolute atomic E-state index is 0.324. The summed E-state index contributed by atoms with van der Waals surface area (Å²) in [7, 11) is 0. The van der Waals surface area contributed by atoms with E-state index in [1.54, 1.807) is 6.07 Å². The fourth-order valence-electron chi connectivity index (χ4n) is 1.43. The molecule has 0 aliphatic carbocycles. The van der Waals surface area contributed by atoms with Crippen molar-refractivity contribution in [1.82, 2.24) is 0 Å². The van der Waals surface area contributed by atoms with E-state index in [1.165, 1.54) is 11.3 Å². The van der Waals surface area contributed by atoms with Gasteiger partial charge in [-0.1, -0.05) is 46.9 Å². The normalized spacial score (nSPS) is 12.8. The fraction of sp³-hybridized carbons (Fsp3) is 0.0909. The average Bonchev–Trinajstić information content (AvgIpc) is 2.62. The van der Waals surface area contributed by atoms with E-state index in [9.17, 15) is 0 Å². The van der Waals surface area contributed by atoms with Gasteiger partial charge in [-0.25, -0.2) is 0 Å². The molecule has 17 heavy (non-hydrogen) atoms. The molecule has 1 aromatic carbocycles. The van der Waals surface area contributed by atoms with Gasteiger partial charge in [0.15, 0.2) is 0 Å². The Hall–Kier alpha value is 0.230. The molecule has 2 aromatic rings. The highest BCUT2D eigenvalue weighted by atomic mass is 79.9. The quantitative estimate of drug-likeness (QED) is 0.739. The first-order valence-corrected chi connectivity index (χ1v) is 7.39. The van der Waals surface area contributed by atoms with Crippen molar-refractivity contribution in [3.8, 4) is 0 Å². The molecule has 0 bridgehead atoms. The lowest BCUT2D eigenvalue weighted by atomic mass is 10.1. The van der Waals surface area contributed by atoms with E-state index in [1.807, 2.05) is 18.2 Å². The average molecular weight is 372 g/mol. The zero-order chi connectivity index (χ0) is 12.6. The van der Waals surface area contributed by atoms with E-state index in [0.717, 1.165) is 14.9 Å². The molecule has 90 valence electrons. The van der Waals surface area contributed by atoms with Crippen LogP contribution in [-0.4, -0.2) is 0 Å². The Kier molecular flexibility index (Phi) is 4.40. The summed E-state index contributed by atoms with van der Waals surface area (Å²) < 4.78 is 1.52. The minimum Gasteiger partial charge on any atom is -0.320 e. The van der Waals surface area contributed by atoms with Crippen LogP contribution in [0.1, 0.15) is 16.5 Å². The molecule has 2 rings (SSSR count). The Balaban J connectivity index is 2.43. The maximum atomic E-state index is 6.16. The molecule has 1 atom stereocenters. The summed E-state index contributed by atoms with van der Waals surface area (Å²) in [4.78, 5) is 0.936. The number of thiophene rings is 1. The smallest absolute Gasteiger partial charge is 0.107 e. The molecule has 0 saturated carbocycles. The maximum absolute atomic E-state index is 6.16. The van der Waals surface area contributed by atoms with Gasteiger partial charge in [0.1, 0.15) is 4.34 Å². The highest BCUT2D eigenvalue weighted by Gasteiger charge is 2.17. The van der Waals surface area contributed by atoms with Crippen LogP contribution in [0.3, 0.4) is 0 Å². The Morgan fingerprint density at radius 3 is 2.53 bits per heavy atom. The van der Waals surface area contributed by atoms with Crippen molar-refractivity contribution in [2.24, 2.45) is 5.73 Å². The van der Waals surface area contributed by atoms with Gasteiger partial charge in [0.2, 0.25) is 0 Å². The molecule has 0 amide bonds. The summed E-state index contributed by atoms with van der Waals surface area (Å²) in [6.45, 7) is 0. The second-order valence-electron chi connectivity index (χ2n) is 3.39. The van der Waals surface area contributed by atoms with Gasteiger partial charge in [0, 0.05) is 9.35 Å². The summed E-state index contributed by atoms with van der Waals surface area (Å²) in [6, 6.07) is 7.00. The second-order valence-corrected chi connectivity index (χ2v) is 6.72. The molecule has 0 saturated heterocycles. The molecule has 0 spiro atoms. The summed E-state index contributed by atoms with van der Waals surface area (Å²) in [5.41, 5.74) is 6.95. The lowest BCUT2D eigenvalue weighted by Crippen LogP contribution is -2.10. The molecule has 0 aliphatic rings. The molecular formula is C11H7BrCl3NS. The SMILES string of the molecule is NC(c1cc(Br)c(Cl)s1)c1cccc(Cl)c1Cl. The lowest BCUT2D eigenvalue weighted by molar-refractivity contribution is 0.893. The first kappa shape index (κ1) is 13.7. The molecule has 1 unspecified atom stereocenters. The first-order valence-electron chi connectivity index (χ1n) is 4.65. The predicted molar refractivity (Wildman–Crippen MR) is 79.5 cm³/mol. The minimum atomic E-state index is -0.324. The lowest BCUT2D eigenvalue weighted by Gasteiger charge is -2.12. The molecule has 1 nitrogen and oxygen atoms in total. The standard InChI is InChI=1S/C11H7BrCl3NS/c12-6-4-8(17-11(6)15)10(16)5-2-1-3-7(13)9(5)14/h1-4,10H,16H2. The van der Waals surface area contributed by atoms with Crippen LogP contribution in [0.5, 0.6) is 0 Å². The first-order chi connectivity index (χ1) is 8.00. The number of hydrogen-bond acceptors (Lipinski definition) is 2. The summed E-state index contributed by atoms with van der Waals surface area (Å²) in [5, 5.41) is 0.989. The van der Waals surface area contributed by atoms with Crippen molar-refractivity contribution in [1.29, 1.82) is 0 Å². The molecule has 1 aromatic heterocycles. The molecule has 1 heterocycles. The van der Waals surface area contributed by atoms with Crippen molar-refractivity contribution in [3.63, 3.8) is 0 Å². The van der Waals surface area contributed by atoms with Crippen LogP contribution in [0, 0.1) is 0 Å². The van der Waals surface area contributed by atoms with Crippen LogP contribution in [-0.2, 0) is 0 Å². The van der Waals surface area contributed by atoms with Gasteiger partial charge in [-0.3, -0.25) is 0 Å². The van der Waals surface area contributed by atoms with Gasteiger partial charge >= 0.3 is 0 Å².